The lowest BCUT2D eigenvalue weighted by Crippen LogP contribution is -2.08. The molecular weight excluding hydrogens is 415 g/mol. The molecule has 5 rings (SSSR count). The van der Waals surface area contributed by atoms with Gasteiger partial charge in [0.1, 0.15) is 11.3 Å². The SMILES string of the molecule is O=C(O)[C@@H]1C[C@H]1C(=O)c1ccc(-c2ccc(Nc3nc4c(F)cccc4s3)cc2)cc1. The van der Waals surface area contributed by atoms with Crippen LogP contribution in [0.4, 0.5) is 15.2 Å². The molecule has 4 aromatic rings. The highest BCUT2D eigenvalue weighted by Crippen LogP contribution is 2.41. The highest BCUT2D eigenvalue weighted by molar-refractivity contribution is 7.22. The lowest BCUT2D eigenvalue weighted by atomic mass is 10.0. The number of carboxylic acids is 1. The van der Waals surface area contributed by atoms with Gasteiger partial charge in [-0.2, -0.15) is 0 Å². The Bertz CT molecular complexity index is 1300. The number of nitrogens with zero attached hydrogens (tertiary/aromatic N) is 1. The molecule has 5 nitrogen and oxygen atoms in total. The monoisotopic (exact) mass is 432 g/mol. The summed E-state index contributed by atoms with van der Waals surface area (Å²) in [6.45, 7) is 0. The lowest BCUT2D eigenvalue weighted by molar-refractivity contribution is -0.138. The topological polar surface area (TPSA) is 79.3 Å². The van der Waals surface area contributed by atoms with Gasteiger partial charge in [-0.15, -0.1) is 0 Å². The summed E-state index contributed by atoms with van der Waals surface area (Å²) in [6, 6.07) is 19.9. The van der Waals surface area contributed by atoms with Crippen molar-refractivity contribution in [2.75, 3.05) is 5.32 Å². The predicted molar refractivity (Wildman–Crippen MR) is 118 cm³/mol. The van der Waals surface area contributed by atoms with Crippen LogP contribution in [0.25, 0.3) is 21.3 Å². The summed E-state index contributed by atoms with van der Waals surface area (Å²) in [5, 5.41) is 12.8. The number of anilines is 2. The minimum atomic E-state index is -0.903. The Morgan fingerprint density at radius 3 is 2.26 bits per heavy atom. The van der Waals surface area contributed by atoms with E-state index in [4.69, 9.17) is 5.11 Å². The number of nitrogens with one attached hydrogen (secondary N) is 1. The predicted octanol–water partition coefficient (Wildman–Crippen LogP) is 5.75. The number of ketones is 1. The molecule has 1 aliphatic carbocycles. The number of carbonyl (C=O) groups excluding carboxylic acids is 1. The fourth-order valence-electron chi connectivity index (χ4n) is 3.64. The molecule has 0 amide bonds. The van der Waals surface area contributed by atoms with Crippen LogP contribution in [0.3, 0.4) is 0 Å². The van der Waals surface area contributed by atoms with Gasteiger partial charge in [-0.1, -0.05) is 53.8 Å². The third kappa shape index (κ3) is 3.80. The third-order valence-electron chi connectivity index (χ3n) is 5.45. The molecular formula is C24H17FN2O3S. The molecule has 1 fully saturated rings. The van der Waals surface area contributed by atoms with Gasteiger partial charge in [0.15, 0.2) is 10.9 Å². The second-order valence-corrected chi connectivity index (χ2v) is 8.57. The van der Waals surface area contributed by atoms with E-state index in [1.807, 2.05) is 42.5 Å². The molecule has 2 atom stereocenters. The number of aliphatic carboxylic acids is 1. The first-order valence-corrected chi connectivity index (χ1v) is 10.6. The number of para-hydroxylation sites is 1. The molecule has 0 bridgehead atoms. The number of hydrogen-bond acceptors (Lipinski definition) is 5. The Balaban J connectivity index is 1.29. The fourth-order valence-corrected chi connectivity index (χ4v) is 4.54. The molecule has 31 heavy (non-hydrogen) atoms. The van der Waals surface area contributed by atoms with Crippen LogP contribution in [0.1, 0.15) is 16.8 Å². The number of hydrogen-bond donors (Lipinski definition) is 2. The van der Waals surface area contributed by atoms with Gasteiger partial charge in [-0.25, -0.2) is 9.37 Å². The van der Waals surface area contributed by atoms with Crippen molar-refractivity contribution in [2.24, 2.45) is 11.8 Å². The molecule has 0 unspecified atom stereocenters. The molecule has 0 spiro atoms. The smallest absolute Gasteiger partial charge is 0.307 e. The van der Waals surface area contributed by atoms with E-state index in [-0.39, 0.29) is 11.6 Å². The van der Waals surface area contributed by atoms with Gasteiger partial charge < -0.3 is 10.4 Å². The summed E-state index contributed by atoms with van der Waals surface area (Å²) in [7, 11) is 0. The number of carboxylic acid groups (broad SMARTS) is 1. The van der Waals surface area contributed by atoms with Gasteiger partial charge in [0.05, 0.1) is 10.6 Å². The zero-order valence-corrected chi connectivity index (χ0v) is 17.0. The maximum absolute atomic E-state index is 13.8. The maximum Gasteiger partial charge on any atom is 0.307 e. The summed E-state index contributed by atoms with van der Waals surface area (Å²) in [5.74, 6) is -2.28. The van der Waals surface area contributed by atoms with Crippen LogP contribution >= 0.6 is 11.3 Å². The van der Waals surface area contributed by atoms with E-state index >= 15 is 0 Å². The fraction of sp³-hybridized carbons (Fsp3) is 0.125. The maximum atomic E-state index is 13.8. The van der Waals surface area contributed by atoms with Crippen molar-refractivity contribution in [3.8, 4) is 11.1 Å². The highest BCUT2D eigenvalue weighted by atomic mass is 32.1. The summed E-state index contributed by atoms with van der Waals surface area (Å²) in [4.78, 5) is 27.7. The molecule has 1 heterocycles. The first-order valence-electron chi connectivity index (χ1n) is 9.79. The molecule has 0 aliphatic heterocycles. The standard InChI is InChI=1S/C24H17FN2O3S/c25-19-2-1-3-20-21(19)27-24(31-20)26-16-10-8-14(9-11-16)13-4-6-15(7-5-13)22(28)17-12-18(17)23(29)30/h1-11,17-18H,12H2,(H,26,27)(H,29,30)/t17-,18-/m1/s1. The normalized spacial score (nSPS) is 17.5. The van der Waals surface area contributed by atoms with Crippen molar-refractivity contribution < 1.29 is 19.1 Å². The van der Waals surface area contributed by atoms with E-state index in [0.717, 1.165) is 21.5 Å². The molecule has 1 saturated carbocycles. The van der Waals surface area contributed by atoms with Gasteiger partial charge in [0.25, 0.3) is 0 Å². The number of halogens is 1. The number of benzene rings is 3. The number of aromatic nitrogens is 1. The molecule has 3 aromatic carbocycles. The molecule has 1 aromatic heterocycles. The quantitative estimate of drug-likeness (QED) is 0.379. The average Bonchev–Trinajstić information content (AvgIpc) is 3.48. The Labute approximate surface area is 181 Å². The minimum absolute atomic E-state index is 0.106. The molecule has 2 N–H and O–H groups in total. The van der Waals surface area contributed by atoms with Crippen LogP contribution in [0, 0.1) is 17.7 Å². The van der Waals surface area contributed by atoms with Crippen molar-refractivity contribution in [3.05, 3.63) is 78.1 Å². The van der Waals surface area contributed by atoms with Gasteiger partial charge in [-0.3, -0.25) is 9.59 Å². The Hall–Kier alpha value is -3.58. The van der Waals surface area contributed by atoms with Crippen molar-refractivity contribution in [2.45, 2.75) is 6.42 Å². The zero-order valence-electron chi connectivity index (χ0n) is 16.2. The van der Waals surface area contributed by atoms with Crippen LogP contribution < -0.4 is 5.32 Å². The van der Waals surface area contributed by atoms with E-state index in [2.05, 4.69) is 10.3 Å². The highest BCUT2D eigenvalue weighted by Gasteiger charge is 2.48. The molecule has 154 valence electrons. The van der Waals surface area contributed by atoms with E-state index in [1.165, 1.54) is 17.4 Å². The van der Waals surface area contributed by atoms with E-state index in [0.29, 0.717) is 22.6 Å². The largest absolute Gasteiger partial charge is 0.481 e. The van der Waals surface area contributed by atoms with Crippen LogP contribution in [0.2, 0.25) is 0 Å². The number of thiazole rings is 1. The van der Waals surface area contributed by atoms with Crippen LogP contribution in [0.5, 0.6) is 0 Å². The van der Waals surface area contributed by atoms with E-state index < -0.39 is 17.8 Å². The Morgan fingerprint density at radius 1 is 0.968 bits per heavy atom. The zero-order chi connectivity index (χ0) is 21.5. The first kappa shape index (κ1) is 19.4. The minimum Gasteiger partial charge on any atom is -0.481 e. The lowest BCUT2D eigenvalue weighted by Gasteiger charge is -2.06. The summed E-state index contributed by atoms with van der Waals surface area (Å²) < 4.78 is 14.6. The first-order chi connectivity index (χ1) is 15.0. The average molecular weight is 432 g/mol. The number of rotatable bonds is 6. The Kier molecular flexibility index (Phi) is 4.75. The van der Waals surface area contributed by atoms with Crippen molar-refractivity contribution in [1.29, 1.82) is 0 Å². The molecule has 7 heteroatoms. The van der Waals surface area contributed by atoms with Gasteiger partial charge in [0, 0.05) is 17.2 Å². The van der Waals surface area contributed by atoms with E-state index in [9.17, 15) is 14.0 Å². The summed E-state index contributed by atoms with van der Waals surface area (Å²) >= 11 is 1.39. The molecule has 0 radical (unpaired) electrons. The molecule has 1 aliphatic rings. The summed E-state index contributed by atoms with van der Waals surface area (Å²) in [5.41, 5.74) is 3.68. The third-order valence-corrected chi connectivity index (χ3v) is 6.39. The number of carbonyl (C=O) groups is 2. The number of Topliss-reactive ketones (excluding diaryl/α,β-unsaturated/α-hetero) is 1. The van der Waals surface area contributed by atoms with E-state index in [1.54, 1.807) is 18.2 Å². The van der Waals surface area contributed by atoms with Crippen molar-refractivity contribution in [1.82, 2.24) is 4.98 Å². The Morgan fingerprint density at radius 2 is 1.65 bits per heavy atom. The van der Waals surface area contributed by atoms with Crippen molar-refractivity contribution in [3.63, 3.8) is 0 Å². The second kappa shape index (κ2) is 7.59. The van der Waals surface area contributed by atoms with Crippen LogP contribution in [-0.4, -0.2) is 21.8 Å². The summed E-state index contributed by atoms with van der Waals surface area (Å²) in [6.07, 6.45) is 0.422. The van der Waals surface area contributed by atoms with Gasteiger partial charge >= 0.3 is 5.97 Å². The van der Waals surface area contributed by atoms with Gasteiger partial charge in [-0.05, 0) is 41.8 Å². The van der Waals surface area contributed by atoms with Crippen LogP contribution in [-0.2, 0) is 4.79 Å². The number of fused-ring (bicyclic) bond motifs is 1. The van der Waals surface area contributed by atoms with Crippen LogP contribution in [0.15, 0.2) is 66.7 Å². The second-order valence-electron chi connectivity index (χ2n) is 7.54. The van der Waals surface area contributed by atoms with Crippen molar-refractivity contribution >= 4 is 44.1 Å². The van der Waals surface area contributed by atoms with Gasteiger partial charge in [0.2, 0.25) is 0 Å². The molecule has 0 saturated heterocycles.